The summed E-state index contributed by atoms with van der Waals surface area (Å²) in [6.45, 7) is 4.30. The molecule has 4 heteroatoms. The van der Waals surface area contributed by atoms with E-state index in [-0.39, 0.29) is 5.92 Å². The second kappa shape index (κ2) is 7.81. The summed E-state index contributed by atoms with van der Waals surface area (Å²) in [5.74, 6) is 0.430. The third-order valence-electron chi connectivity index (χ3n) is 5.65. The molecule has 0 unspecified atom stereocenters. The number of carbonyl (C=O) groups is 1. The fourth-order valence-electron chi connectivity index (χ4n) is 4.21. The van der Waals surface area contributed by atoms with Crippen molar-refractivity contribution in [3.8, 4) is 0 Å². The first-order valence-corrected chi connectivity index (χ1v) is 9.90. The first-order chi connectivity index (χ1) is 12.7. The van der Waals surface area contributed by atoms with Crippen molar-refractivity contribution in [3.05, 3.63) is 70.2 Å². The minimum Gasteiger partial charge on any atom is -0.338 e. The summed E-state index contributed by atoms with van der Waals surface area (Å²) in [7, 11) is 0. The van der Waals surface area contributed by atoms with E-state index in [9.17, 15) is 4.79 Å². The van der Waals surface area contributed by atoms with Crippen LogP contribution in [0.4, 0.5) is 0 Å². The van der Waals surface area contributed by atoms with Gasteiger partial charge in [0.05, 0.1) is 5.92 Å². The summed E-state index contributed by atoms with van der Waals surface area (Å²) in [5.41, 5.74) is 3.84. The van der Waals surface area contributed by atoms with E-state index in [4.69, 9.17) is 11.6 Å². The second-order valence-electron chi connectivity index (χ2n) is 7.44. The Balaban J connectivity index is 1.40. The molecule has 136 valence electrons. The van der Waals surface area contributed by atoms with Gasteiger partial charge < -0.3 is 4.90 Å². The zero-order valence-corrected chi connectivity index (χ0v) is 15.8. The highest BCUT2D eigenvalue weighted by Gasteiger charge is 2.31. The Morgan fingerprint density at radius 1 is 1.04 bits per heavy atom. The monoisotopic (exact) mass is 368 g/mol. The maximum Gasteiger partial charge on any atom is 0.227 e. The van der Waals surface area contributed by atoms with E-state index < -0.39 is 0 Å². The van der Waals surface area contributed by atoms with E-state index in [1.165, 1.54) is 11.1 Å². The number of hydrogen-bond donors (Lipinski definition) is 0. The number of rotatable bonds is 3. The normalized spacial score (nSPS) is 20.7. The van der Waals surface area contributed by atoms with E-state index in [0.717, 1.165) is 62.6 Å². The van der Waals surface area contributed by atoms with Crippen LogP contribution in [0.1, 0.15) is 29.5 Å². The van der Waals surface area contributed by atoms with Crippen LogP contribution in [0.2, 0.25) is 5.02 Å². The van der Waals surface area contributed by atoms with Gasteiger partial charge in [0, 0.05) is 31.2 Å². The highest BCUT2D eigenvalue weighted by molar-refractivity contribution is 6.31. The number of amides is 1. The predicted octanol–water partition coefficient (Wildman–Crippen LogP) is 4.14. The molecule has 2 aliphatic heterocycles. The number of nitrogens with zero attached hydrogens (tertiary/aromatic N) is 2. The summed E-state index contributed by atoms with van der Waals surface area (Å²) < 4.78 is 0. The van der Waals surface area contributed by atoms with Gasteiger partial charge in [-0.15, -0.1) is 0 Å². The first-order valence-electron chi connectivity index (χ1n) is 9.52. The van der Waals surface area contributed by atoms with Crippen LogP contribution < -0.4 is 0 Å². The number of fused-ring (bicyclic) bond motifs is 1. The molecule has 1 saturated heterocycles. The molecule has 2 heterocycles. The van der Waals surface area contributed by atoms with Crippen LogP contribution in [0.3, 0.4) is 0 Å². The van der Waals surface area contributed by atoms with Crippen LogP contribution in [0.5, 0.6) is 0 Å². The van der Waals surface area contributed by atoms with Crippen molar-refractivity contribution in [3.63, 3.8) is 0 Å². The Morgan fingerprint density at radius 2 is 1.81 bits per heavy atom. The molecule has 0 bridgehead atoms. The molecule has 2 aliphatic rings. The highest BCUT2D eigenvalue weighted by atomic mass is 35.5. The highest BCUT2D eigenvalue weighted by Crippen LogP contribution is 2.26. The van der Waals surface area contributed by atoms with E-state index in [1.807, 2.05) is 18.2 Å². The third kappa shape index (κ3) is 3.79. The molecular formula is C22H25ClN2O. The van der Waals surface area contributed by atoms with Gasteiger partial charge in [-0.2, -0.15) is 0 Å². The minimum absolute atomic E-state index is 0.108. The van der Waals surface area contributed by atoms with Crippen molar-refractivity contribution >= 4 is 17.5 Å². The summed E-state index contributed by atoms with van der Waals surface area (Å²) in [6, 6.07) is 16.5. The van der Waals surface area contributed by atoms with E-state index >= 15 is 0 Å². The average molecular weight is 369 g/mol. The smallest absolute Gasteiger partial charge is 0.227 e. The fraction of sp³-hybridized carbons (Fsp3) is 0.409. The van der Waals surface area contributed by atoms with Crippen molar-refractivity contribution in [2.45, 2.75) is 32.4 Å². The molecule has 0 radical (unpaired) electrons. The van der Waals surface area contributed by atoms with Crippen LogP contribution in [0.15, 0.2) is 48.5 Å². The molecule has 0 spiro atoms. The van der Waals surface area contributed by atoms with Crippen LogP contribution in [0, 0.1) is 5.92 Å². The van der Waals surface area contributed by atoms with Crippen LogP contribution >= 0.6 is 11.6 Å². The molecule has 1 fully saturated rings. The zero-order chi connectivity index (χ0) is 17.9. The van der Waals surface area contributed by atoms with Crippen LogP contribution in [-0.4, -0.2) is 35.3 Å². The Kier molecular flexibility index (Phi) is 5.28. The molecule has 0 saturated carbocycles. The van der Waals surface area contributed by atoms with Crippen molar-refractivity contribution in [1.82, 2.24) is 9.80 Å². The third-order valence-corrected chi connectivity index (χ3v) is 6.02. The van der Waals surface area contributed by atoms with Gasteiger partial charge in [-0.05, 0) is 48.6 Å². The lowest BCUT2D eigenvalue weighted by atomic mass is 9.93. The van der Waals surface area contributed by atoms with E-state index in [2.05, 4.69) is 40.1 Å². The molecule has 0 aromatic heterocycles. The Hall–Kier alpha value is -1.84. The summed E-state index contributed by atoms with van der Waals surface area (Å²) in [5, 5.41) is 0.814. The first kappa shape index (κ1) is 17.6. The average Bonchev–Trinajstić information content (AvgIpc) is 2.69. The lowest BCUT2D eigenvalue weighted by Crippen LogP contribution is -2.46. The molecule has 0 aliphatic carbocycles. The van der Waals surface area contributed by atoms with Crippen molar-refractivity contribution in [2.24, 2.45) is 5.92 Å². The Bertz CT molecular complexity index is 791. The molecule has 1 atom stereocenters. The lowest BCUT2D eigenvalue weighted by Gasteiger charge is -2.36. The molecule has 2 aromatic carbocycles. The molecule has 4 rings (SSSR count). The standard InChI is InChI=1S/C22H25ClN2O/c23-21-10-4-3-8-19(21)14-24-12-5-9-20(15-24)22(26)25-13-11-17-6-1-2-7-18(17)16-25/h1-4,6-8,10,20H,5,9,11-16H2/t20-/m1/s1. The van der Waals surface area contributed by atoms with Crippen molar-refractivity contribution in [1.29, 1.82) is 0 Å². The number of piperidine rings is 1. The molecular weight excluding hydrogens is 344 g/mol. The van der Waals surface area contributed by atoms with Gasteiger partial charge in [0.2, 0.25) is 5.91 Å². The molecule has 1 amide bonds. The SMILES string of the molecule is O=C([C@@H]1CCCN(Cc2ccccc2Cl)C1)N1CCc2ccccc2C1. The van der Waals surface area contributed by atoms with E-state index in [0.29, 0.717) is 5.91 Å². The molecule has 0 N–H and O–H groups in total. The summed E-state index contributed by atoms with van der Waals surface area (Å²) >= 11 is 6.31. The molecule has 3 nitrogen and oxygen atoms in total. The number of halogens is 1. The van der Waals surface area contributed by atoms with Crippen LogP contribution in [-0.2, 0) is 24.3 Å². The largest absolute Gasteiger partial charge is 0.338 e. The van der Waals surface area contributed by atoms with Gasteiger partial charge in [-0.25, -0.2) is 0 Å². The maximum atomic E-state index is 13.1. The van der Waals surface area contributed by atoms with Gasteiger partial charge >= 0.3 is 0 Å². The zero-order valence-electron chi connectivity index (χ0n) is 15.0. The number of benzene rings is 2. The van der Waals surface area contributed by atoms with Gasteiger partial charge in [0.25, 0.3) is 0 Å². The number of hydrogen-bond acceptors (Lipinski definition) is 2. The van der Waals surface area contributed by atoms with Crippen LogP contribution in [0.25, 0.3) is 0 Å². The second-order valence-corrected chi connectivity index (χ2v) is 7.85. The number of likely N-dealkylation sites (tertiary alicyclic amines) is 1. The van der Waals surface area contributed by atoms with Gasteiger partial charge in [0.15, 0.2) is 0 Å². The summed E-state index contributed by atoms with van der Waals surface area (Å²) in [4.78, 5) is 17.5. The van der Waals surface area contributed by atoms with Gasteiger partial charge in [-0.3, -0.25) is 9.69 Å². The Labute approximate surface area is 160 Å². The topological polar surface area (TPSA) is 23.6 Å². The Morgan fingerprint density at radius 3 is 2.65 bits per heavy atom. The van der Waals surface area contributed by atoms with Gasteiger partial charge in [-0.1, -0.05) is 54.1 Å². The maximum absolute atomic E-state index is 13.1. The van der Waals surface area contributed by atoms with E-state index in [1.54, 1.807) is 0 Å². The lowest BCUT2D eigenvalue weighted by molar-refractivity contribution is -0.138. The van der Waals surface area contributed by atoms with Gasteiger partial charge in [0.1, 0.15) is 0 Å². The van der Waals surface area contributed by atoms with Crippen molar-refractivity contribution < 1.29 is 4.79 Å². The minimum atomic E-state index is 0.108. The fourth-order valence-corrected chi connectivity index (χ4v) is 4.41. The number of carbonyl (C=O) groups excluding carboxylic acids is 1. The van der Waals surface area contributed by atoms with Crippen molar-refractivity contribution in [2.75, 3.05) is 19.6 Å². The molecule has 2 aromatic rings. The molecule has 26 heavy (non-hydrogen) atoms. The summed E-state index contributed by atoms with van der Waals surface area (Å²) in [6.07, 6.45) is 3.04. The predicted molar refractivity (Wildman–Crippen MR) is 105 cm³/mol. The quantitative estimate of drug-likeness (QED) is 0.813.